The maximum absolute atomic E-state index is 12.9. The fraction of sp³-hybridized carbons (Fsp3) is 0.500. The second kappa shape index (κ2) is 8.47. The highest BCUT2D eigenvalue weighted by Crippen LogP contribution is 2.38. The maximum Gasteiger partial charge on any atom is 0.482 e. The second-order valence-electron chi connectivity index (χ2n) is 9.28. The largest absolute Gasteiger partial charge is 0.482 e. The molecule has 1 saturated heterocycles. The molecular weight excluding hydrogens is 395 g/mol. The summed E-state index contributed by atoms with van der Waals surface area (Å²) in [5.74, 6) is -0.250. The molecule has 1 amide bonds. The van der Waals surface area contributed by atoms with Crippen molar-refractivity contribution in [2.24, 2.45) is 5.92 Å². The van der Waals surface area contributed by atoms with Gasteiger partial charge in [0.25, 0.3) is 5.56 Å². The Morgan fingerprint density at radius 2 is 1.74 bits per heavy atom. The fourth-order valence-electron chi connectivity index (χ4n) is 3.37. The summed E-state index contributed by atoms with van der Waals surface area (Å²) in [6.45, 7) is 11.9. The van der Waals surface area contributed by atoms with Crippen molar-refractivity contribution in [2.75, 3.05) is 5.73 Å². The fourth-order valence-corrected chi connectivity index (χ4v) is 3.37. The molecule has 0 radical (unpaired) electrons. The van der Waals surface area contributed by atoms with Crippen LogP contribution >= 0.6 is 0 Å². The molecule has 0 bridgehead atoms. The maximum atomic E-state index is 12.9. The molecule has 1 aromatic heterocycles. The summed E-state index contributed by atoms with van der Waals surface area (Å²) in [6, 6.07) is 9.21. The number of aromatic amines is 1. The molecule has 3 rings (SSSR count). The number of nitrogen functional groups attached to an aromatic ring is 1. The number of aromatic nitrogens is 2. The molecule has 8 nitrogen and oxygen atoms in total. The number of benzene rings is 1. The van der Waals surface area contributed by atoms with Gasteiger partial charge in [-0.2, -0.15) is 0 Å². The third-order valence-electron chi connectivity index (χ3n) is 6.02. The highest BCUT2D eigenvalue weighted by atomic mass is 16.7. The molecule has 0 spiro atoms. The summed E-state index contributed by atoms with van der Waals surface area (Å²) < 4.78 is 12.3. The molecule has 2 aromatic rings. The third kappa shape index (κ3) is 4.83. The van der Waals surface area contributed by atoms with Crippen molar-refractivity contribution in [2.45, 2.75) is 65.1 Å². The number of hydrogen-bond acceptors (Lipinski definition) is 6. The number of carbonyl (C=O) groups excluding carboxylic acids is 1. The minimum absolute atomic E-state index is 0.0583. The van der Waals surface area contributed by atoms with Gasteiger partial charge in [-0.3, -0.25) is 9.59 Å². The van der Waals surface area contributed by atoms with Gasteiger partial charge in [0.2, 0.25) is 5.91 Å². The van der Waals surface area contributed by atoms with E-state index in [2.05, 4.69) is 15.3 Å². The Morgan fingerprint density at radius 3 is 2.29 bits per heavy atom. The van der Waals surface area contributed by atoms with E-state index >= 15 is 0 Å². The van der Waals surface area contributed by atoms with Crippen molar-refractivity contribution in [1.29, 1.82) is 0 Å². The zero-order valence-corrected chi connectivity index (χ0v) is 19.0. The monoisotopic (exact) mass is 426 g/mol. The van der Waals surface area contributed by atoms with Gasteiger partial charge in [-0.05, 0) is 33.6 Å². The summed E-state index contributed by atoms with van der Waals surface area (Å²) in [5, 5.41) is 2.99. The molecule has 4 N–H and O–H groups in total. The highest BCUT2D eigenvalue weighted by Gasteiger charge is 2.54. The number of nitrogens with one attached hydrogen (secondary N) is 2. The van der Waals surface area contributed by atoms with Crippen molar-refractivity contribution in [3.05, 3.63) is 46.4 Å². The van der Waals surface area contributed by atoms with Gasteiger partial charge in [0.15, 0.2) is 0 Å². The molecule has 1 aliphatic heterocycles. The van der Waals surface area contributed by atoms with Crippen LogP contribution < -0.4 is 16.6 Å². The lowest BCUT2D eigenvalue weighted by Gasteiger charge is -2.32. The minimum atomic E-state index is -0.585. The number of amides is 1. The Balaban J connectivity index is 1.79. The van der Waals surface area contributed by atoms with Crippen molar-refractivity contribution < 1.29 is 14.1 Å². The molecule has 1 aromatic carbocycles. The van der Waals surface area contributed by atoms with E-state index in [9.17, 15) is 9.59 Å². The van der Waals surface area contributed by atoms with E-state index in [0.717, 1.165) is 5.56 Å². The number of nitrogens with zero attached hydrogens (tertiary/aromatic N) is 1. The Kier molecular flexibility index (Phi) is 6.29. The molecule has 0 aliphatic carbocycles. The number of nitrogens with two attached hydrogens (primary N) is 1. The quantitative estimate of drug-likeness (QED) is 0.610. The molecule has 31 heavy (non-hydrogen) atoms. The average Bonchev–Trinajstić information content (AvgIpc) is 2.90. The van der Waals surface area contributed by atoms with Gasteiger partial charge in [0.05, 0.1) is 29.3 Å². The standard InChI is InChI=1S/C22H31BN4O4/c1-13(2)18(23-30-21(3,4)22(5,6)31-23)26-16(28)12-15-17(24)20(29)27-19(25-15)14-10-8-7-9-11-14/h7-11,13,18H,12,24H2,1-6H3,(H,26,28)(H,25,27,29). The Labute approximate surface area is 183 Å². The van der Waals surface area contributed by atoms with Gasteiger partial charge in [-0.15, -0.1) is 0 Å². The topological polar surface area (TPSA) is 119 Å². The minimum Gasteiger partial charge on any atom is -0.402 e. The smallest absolute Gasteiger partial charge is 0.402 e. The first-order valence-electron chi connectivity index (χ1n) is 10.5. The molecule has 9 heteroatoms. The first-order valence-corrected chi connectivity index (χ1v) is 10.5. The zero-order valence-electron chi connectivity index (χ0n) is 19.0. The number of carbonyl (C=O) groups is 1. The van der Waals surface area contributed by atoms with E-state index in [1.54, 1.807) is 0 Å². The van der Waals surface area contributed by atoms with Crippen molar-refractivity contribution in [3.8, 4) is 11.4 Å². The number of rotatable bonds is 6. The highest BCUT2D eigenvalue weighted by molar-refractivity contribution is 6.48. The second-order valence-corrected chi connectivity index (χ2v) is 9.28. The van der Waals surface area contributed by atoms with Crippen LogP contribution in [0.3, 0.4) is 0 Å². The van der Waals surface area contributed by atoms with Gasteiger partial charge in [0.1, 0.15) is 11.5 Å². The molecule has 1 fully saturated rings. The van der Waals surface area contributed by atoms with Crippen LogP contribution in [0.2, 0.25) is 0 Å². The van der Waals surface area contributed by atoms with Gasteiger partial charge < -0.3 is 25.3 Å². The number of hydrogen-bond donors (Lipinski definition) is 3. The van der Waals surface area contributed by atoms with E-state index in [1.165, 1.54) is 0 Å². The van der Waals surface area contributed by atoms with Crippen LogP contribution in [-0.4, -0.2) is 40.1 Å². The Bertz CT molecular complexity index is 988. The van der Waals surface area contributed by atoms with Crippen LogP contribution in [0.25, 0.3) is 11.4 Å². The third-order valence-corrected chi connectivity index (χ3v) is 6.02. The number of H-pyrrole nitrogens is 1. The summed E-state index contributed by atoms with van der Waals surface area (Å²) in [5.41, 5.74) is 5.36. The first-order chi connectivity index (χ1) is 14.4. The first kappa shape index (κ1) is 23.0. The van der Waals surface area contributed by atoms with E-state index in [0.29, 0.717) is 5.82 Å². The number of anilines is 1. The Morgan fingerprint density at radius 1 is 1.16 bits per heavy atom. The van der Waals surface area contributed by atoms with Crippen LogP contribution in [0.15, 0.2) is 35.1 Å². The SMILES string of the molecule is CC(C)C(NC(=O)Cc1nc(-c2ccccc2)[nH]c(=O)c1N)B1OC(C)(C)C(C)(C)O1. The normalized spacial score (nSPS) is 18.2. The Hall–Kier alpha value is -2.65. The molecule has 166 valence electrons. The summed E-state index contributed by atoms with van der Waals surface area (Å²) >= 11 is 0. The van der Waals surface area contributed by atoms with E-state index in [4.69, 9.17) is 15.0 Å². The molecule has 2 heterocycles. The van der Waals surface area contributed by atoms with Crippen LogP contribution in [0.5, 0.6) is 0 Å². The summed E-state index contributed by atoms with van der Waals surface area (Å²) in [4.78, 5) is 32.3. The van der Waals surface area contributed by atoms with Crippen molar-refractivity contribution in [3.63, 3.8) is 0 Å². The van der Waals surface area contributed by atoms with E-state index in [1.807, 2.05) is 71.9 Å². The van der Waals surface area contributed by atoms with Gasteiger partial charge in [-0.25, -0.2) is 4.98 Å². The molecule has 1 aliphatic rings. The average molecular weight is 426 g/mol. The lowest BCUT2D eigenvalue weighted by atomic mass is 9.72. The van der Waals surface area contributed by atoms with Crippen molar-refractivity contribution in [1.82, 2.24) is 15.3 Å². The molecular formula is C22H31BN4O4. The lowest BCUT2D eigenvalue weighted by molar-refractivity contribution is -0.121. The predicted molar refractivity (Wildman–Crippen MR) is 121 cm³/mol. The van der Waals surface area contributed by atoms with E-state index < -0.39 is 23.9 Å². The van der Waals surface area contributed by atoms with E-state index in [-0.39, 0.29) is 35.6 Å². The zero-order chi connectivity index (χ0) is 23.0. The van der Waals surface area contributed by atoms with Crippen LogP contribution in [0.1, 0.15) is 47.2 Å². The lowest BCUT2D eigenvalue weighted by Crippen LogP contribution is -2.51. The predicted octanol–water partition coefficient (Wildman–Crippen LogP) is 2.33. The summed E-state index contributed by atoms with van der Waals surface area (Å²) in [6.07, 6.45) is -0.127. The molecule has 0 saturated carbocycles. The van der Waals surface area contributed by atoms with Crippen molar-refractivity contribution >= 4 is 18.7 Å². The van der Waals surface area contributed by atoms with Gasteiger partial charge >= 0.3 is 7.12 Å². The van der Waals surface area contributed by atoms with Crippen LogP contribution in [0.4, 0.5) is 5.69 Å². The van der Waals surface area contributed by atoms with Crippen LogP contribution in [0, 0.1) is 5.92 Å². The van der Waals surface area contributed by atoms with Gasteiger partial charge in [0, 0.05) is 5.56 Å². The summed E-state index contributed by atoms with van der Waals surface area (Å²) in [7, 11) is -0.585. The molecule has 1 unspecified atom stereocenters. The van der Waals surface area contributed by atoms with Crippen LogP contribution in [-0.2, 0) is 20.5 Å². The molecule has 1 atom stereocenters. The van der Waals surface area contributed by atoms with Gasteiger partial charge in [-0.1, -0.05) is 44.2 Å².